The van der Waals surface area contributed by atoms with E-state index in [0.29, 0.717) is 18.2 Å². The Morgan fingerprint density at radius 2 is 0.800 bits per heavy atom. The maximum absolute atomic E-state index is 14.0. The van der Waals surface area contributed by atoms with Crippen LogP contribution < -0.4 is 23.7 Å². The van der Waals surface area contributed by atoms with Crippen molar-refractivity contribution in [3.8, 4) is 40.2 Å². The molecule has 0 unspecified atom stereocenters. The molecule has 0 aliphatic heterocycles. The lowest BCUT2D eigenvalue weighted by atomic mass is 10.1. The highest BCUT2D eigenvalue weighted by molar-refractivity contribution is 9.10. The first-order valence-corrected chi connectivity index (χ1v) is 14.2. The molecule has 0 fully saturated rings. The molecule has 3 N–H and O–H groups in total. The second-order valence-electron chi connectivity index (χ2n) is 9.35. The number of rotatable bonds is 8. The molecule has 0 spiro atoms. The van der Waals surface area contributed by atoms with Crippen LogP contribution in [0.4, 0.5) is 61.5 Å². The number of benzene rings is 4. The molecule has 25 heteroatoms. The molecule has 0 saturated carbocycles. The largest absolute Gasteiger partial charge is 0.573 e. The van der Waals surface area contributed by atoms with E-state index in [1.165, 1.54) is 0 Å². The first-order chi connectivity index (χ1) is 25.0. The van der Waals surface area contributed by atoms with Crippen molar-refractivity contribution in [2.24, 2.45) is 0 Å². The van der Waals surface area contributed by atoms with Crippen LogP contribution in [0.1, 0.15) is 20.7 Å². The molecule has 0 radical (unpaired) electrons. The van der Waals surface area contributed by atoms with Crippen LogP contribution in [0.3, 0.4) is 0 Å². The third-order valence-electron chi connectivity index (χ3n) is 5.36. The van der Waals surface area contributed by atoms with E-state index in [2.05, 4.69) is 34.9 Å². The molecule has 300 valence electrons. The van der Waals surface area contributed by atoms with Crippen LogP contribution in [0.5, 0.6) is 40.2 Å². The van der Waals surface area contributed by atoms with Gasteiger partial charge in [-0.05, 0) is 88.7 Å². The van der Waals surface area contributed by atoms with Gasteiger partial charge in [0.15, 0.2) is 23.1 Å². The number of carbonyl (C=O) groups is 2. The van der Waals surface area contributed by atoms with Crippen LogP contribution in [-0.2, 0) is 0 Å². The van der Waals surface area contributed by atoms with E-state index in [1.54, 1.807) is 0 Å². The number of halogens is 15. The molecule has 0 aliphatic rings. The smallest absolute Gasteiger partial charge is 0.508 e. The number of hydrogen-bond acceptors (Lipinski definition) is 8. The van der Waals surface area contributed by atoms with E-state index in [4.69, 9.17) is 20.1 Å². The third-order valence-corrected chi connectivity index (χ3v) is 6.02. The Kier molecular flexibility index (Phi) is 14.8. The summed E-state index contributed by atoms with van der Waals surface area (Å²) in [5.41, 5.74) is -2.17. The predicted octanol–water partition coefficient (Wildman–Crippen LogP) is 10.6. The van der Waals surface area contributed by atoms with Crippen LogP contribution in [0.25, 0.3) is 0 Å². The zero-order valence-corrected chi connectivity index (χ0v) is 27.4. The van der Waals surface area contributed by atoms with E-state index in [1.807, 2.05) is 0 Å². The summed E-state index contributed by atoms with van der Waals surface area (Å²) >= 11 is 2.70. The lowest BCUT2D eigenvalue weighted by Crippen LogP contribution is -2.19. The monoisotopic (exact) mass is 880 g/mol. The zero-order valence-electron chi connectivity index (χ0n) is 25.8. The van der Waals surface area contributed by atoms with Crippen molar-refractivity contribution in [1.29, 1.82) is 0 Å². The molecule has 4 aromatic carbocycles. The van der Waals surface area contributed by atoms with Crippen molar-refractivity contribution in [3.63, 3.8) is 0 Å². The van der Waals surface area contributed by atoms with E-state index in [-0.39, 0.29) is 21.7 Å². The van der Waals surface area contributed by atoms with Gasteiger partial charge in [-0.3, -0.25) is 0 Å². The van der Waals surface area contributed by atoms with Gasteiger partial charge >= 0.3 is 37.4 Å². The maximum Gasteiger partial charge on any atom is 0.573 e. The Balaban J connectivity index is 0.000000315. The Hall–Kier alpha value is -5.88. The lowest BCUT2D eigenvalue weighted by Gasteiger charge is -2.14. The molecule has 0 saturated heterocycles. The molecular formula is C30H15BrF14O10. The summed E-state index contributed by atoms with van der Waals surface area (Å²) in [5, 5.41) is 26.3. The van der Waals surface area contributed by atoms with E-state index >= 15 is 0 Å². The number of carboxylic acid groups (broad SMARTS) is 2. The van der Waals surface area contributed by atoms with Crippen LogP contribution >= 0.6 is 15.9 Å². The second-order valence-corrected chi connectivity index (χ2v) is 10.2. The minimum Gasteiger partial charge on any atom is -0.508 e. The fourth-order valence-corrected chi connectivity index (χ4v) is 3.92. The molecule has 0 bridgehead atoms. The highest BCUT2D eigenvalue weighted by Gasteiger charge is 2.36. The minimum atomic E-state index is -5.26. The average molecular weight is 881 g/mol. The van der Waals surface area contributed by atoms with Gasteiger partial charge in [0.05, 0.1) is 0 Å². The molecule has 0 amide bonds. The van der Waals surface area contributed by atoms with Crippen molar-refractivity contribution in [1.82, 2.24) is 0 Å². The highest BCUT2D eigenvalue weighted by atomic mass is 79.9. The molecule has 10 nitrogen and oxygen atoms in total. The summed E-state index contributed by atoms with van der Waals surface area (Å²) in [6.45, 7) is 0. The Bertz CT molecular complexity index is 1930. The van der Waals surface area contributed by atoms with Gasteiger partial charge in [0, 0.05) is 4.47 Å². The summed E-state index contributed by atoms with van der Waals surface area (Å²) in [7, 11) is 0. The molecule has 0 aromatic heterocycles. The van der Waals surface area contributed by atoms with Gasteiger partial charge in [-0.25, -0.2) is 18.4 Å². The molecule has 55 heavy (non-hydrogen) atoms. The van der Waals surface area contributed by atoms with E-state index in [0.717, 1.165) is 54.6 Å². The van der Waals surface area contributed by atoms with Gasteiger partial charge in [-0.1, -0.05) is 0 Å². The standard InChI is InChI=1S/C15H7F7O5.C8H3BrF4O3.C7H5F3O2/c16-12-10(27-15(20,21)22)6-5-9(11(12)13(23)24)25-7-1-3-8(4-2-7)26-14(17,18)19;9-3-1-2-4(16-8(11,12)13)6(10)5(3)7(14)15;8-7(9,10)12-6-3-1-5(11)2-4-6/h1-6H,(H,23,24);1-2H,(H,14,15);1-4,11H. The Morgan fingerprint density at radius 1 is 0.473 bits per heavy atom. The van der Waals surface area contributed by atoms with Crippen molar-refractivity contribution in [3.05, 3.63) is 100 Å². The Morgan fingerprint density at radius 3 is 1.18 bits per heavy atom. The molecule has 0 aliphatic carbocycles. The van der Waals surface area contributed by atoms with Crippen LogP contribution in [0.15, 0.2) is 77.3 Å². The predicted molar refractivity (Wildman–Crippen MR) is 156 cm³/mol. The highest BCUT2D eigenvalue weighted by Crippen LogP contribution is 2.36. The summed E-state index contributed by atoms with van der Waals surface area (Å²) in [5.74, 6) is -11.6. The maximum atomic E-state index is 14.0. The van der Waals surface area contributed by atoms with Crippen molar-refractivity contribution < 1.29 is 110 Å². The zero-order chi connectivity index (χ0) is 42.1. The number of aromatic hydroxyl groups is 1. The topological polar surface area (TPSA) is 141 Å². The van der Waals surface area contributed by atoms with Crippen LogP contribution in [0.2, 0.25) is 0 Å². The van der Waals surface area contributed by atoms with Gasteiger partial charge in [0.1, 0.15) is 39.9 Å². The fraction of sp³-hybridized carbons (Fsp3) is 0.133. The summed E-state index contributed by atoms with van der Waals surface area (Å²) < 4.78 is 189. The van der Waals surface area contributed by atoms with Crippen molar-refractivity contribution in [2.75, 3.05) is 0 Å². The van der Waals surface area contributed by atoms with Gasteiger partial charge in [0.25, 0.3) is 0 Å². The summed E-state index contributed by atoms with van der Waals surface area (Å²) in [6.07, 6.45) is -20.0. The first kappa shape index (κ1) is 45.3. The van der Waals surface area contributed by atoms with Gasteiger partial charge in [-0.15, -0.1) is 52.7 Å². The van der Waals surface area contributed by atoms with Crippen LogP contribution in [-0.4, -0.2) is 52.7 Å². The Labute approximate surface area is 303 Å². The number of phenolic OH excluding ortho intramolecular Hbond substituents is 1. The quantitative estimate of drug-likeness (QED) is 0.147. The normalized spacial score (nSPS) is 11.5. The molecule has 4 aromatic rings. The molecular weight excluding hydrogens is 866 g/mol. The van der Waals surface area contributed by atoms with Gasteiger partial charge in [0.2, 0.25) is 0 Å². The average Bonchev–Trinajstić information content (AvgIpc) is 3.00. The first-order valence-electron chi connectivity index (χ1n) is 13.4. The second kappa shape index (κ2) is 18.0. The van der Waals surface area contributed by atoms with Gasteiger partial charge < -0.3 is 39.0 Å². The molecule has 0 heterocycles. The summed E-state index contributed by atoms with van der Waals surface area (Å²) in [4.78, 5) is 21.7. The molecule has 0 atom stereocenters. The minimum absolute atomic E-state index is 0.107. The number of aromatic carboxylic acids is 2. The number of carboxylic acids is 2. The number of hydrogen-bond donors (Lipinski definition) is 3. The third kappa shape index (κ3) is 15.9. The molecule has 4 rings (SSSR count). The summed E-state index contributed by atoms with van der Waals surface area (Å²) in [6, 6.07) is 10.7. The van der Waals surface area contributed by atoms with Crippen molar-refractivity contribution in [2.45, 2.75) is 25.4 Å². The lowest BCUT2D eigenvalue weighted by molar-refractivity contribution is -0.276. The number of ether oxygens (including phenoxy) is 5. The SMILES string of the molecule is O=C(O)c1c(Br)ccc(OC(F)(F)F)c1F.O=C(O)c1c(Oc2ccc(OC(F)(F)F)cc2)ccc(OC(F)(F)F)c1F.Oc1ccc(OC(F)(F)F)cc1. The van der Waals surface area contributed by atoms with E-state index < -0.39 is 83.1 Å². The number of phenols is 1. The number of alkyl halides is 12. The van der Waals surface area contributed by atoms with Crippen LogP contribution in [0, 0.1) is 11.6 Å². The van der Waals surface area contributed by atoms with E-state index in [9.17, 15) is 71.1 Å². The van der Waals surface area contributed by atoms with Gasteiger partial charge in [-0.2, -0.15) is 0 Å². The van der Waals surface area contributed by atoms with Crippen molar-refractivity contribution >= 4 is 27.9 Å². The fourth-order valence-electron chi connectivity index (χ4n) is 3.44.